The Morgan fingerprint density at radius 1 is 0.909 bits per heavy atom. The van der Waals surface area contributed by atoms with E-state index < -0.39 is 10.0 Å². The van der Waals surface area contributed by atoms with E-state index in [1.807, 2.05) is 30.0 Å². The predicted molar refractivity (Wildman–Crippen MR) is 125 cm³/mol. The molecule has 1 fully saturated rings. The molecule has 0 amide bonds. The highest BCUT2D eigenvalue weighted by Crippen LogP contribution is 2.31. The van der Waals surface area contributed by atoms with Gasteiger partial charge in [0.1, 0.15) is 40.2 Å². The third-order valence-corrected chi connectivity index (χ3v) is 7.31. The molecule has 1 N–H and O–H groups in total. The number of methoxy groups -OCH3 is 2. The Morgan fingerprint density at radius 2 is 1.67 bits per heavy atom. The average Bonchev–Trinajstić information content (AvgIpc) is 2.84. The van der Waals surface area contributed by atoms with Crippen LogP contribution in [0.15, 0.2) is 53.8 Å². The summed E-state index contributed by atoms with van der Waals surface area (Å²) in [5, 5.41) is 3.18. The van der Waals surface area contributed by atoms with Gasteiger partial charge in [-0.15, -0.1) is 0 Å². The number of aromatic nitrogens is 3. The number of piperazine rings is 1. The van der Waals surface area contributed by atoms with Crippen molar-refractivity contribution >= 4 is 27.5 Å². The highest BCUT2D eigenvalue weighted by molar-refractivity contribution is 7.89. The molecule has 0 radical (unpaired) electrons. The third kappa shape index (κ3) is 4.99. The lowest BCUT2D eigenvalue weighted by atomic mass is 10.3. The monoisotopic (exact) mass is 470 g/mol. The number of nitrogens with one attached hydrogen (secondary N) is 1. The van der Waals surface area contributed by atoms with Gasteiger partial charge in [-0.25, -0.2) is 23.4 Å². The fourth-order valence-electron chi connectivity index (χ4n) is 3.61. The van der Waals surface area contributed by atoms with E-state index in [2.05, 4.69) is 20.3 Å². The topological polar surface area (TPSA) is 110 Å². The summed E-state index contributed by atoms with van der Waals surface area (Å²) in [7, 11) is -0.751. The maximum Gasteiger partial charge on any atom is 0.246 e. The molecule has 33 heavy (non-hydrogen) atoms. The van der Waals surface area contributed by atoms with E-state index in [9.17, 15) is 8.42 Å². The molecule has 0 atom stereocenters. The Hall–Kier alpha value is -3.44. The summed E-state index contributed by atoms with van der Waals surface area (Å²) in [6.07, 6.45) is 3.22. The highest BCUT2D eigenvalue weighted by Gasteiger charge is 2.31. The number of sulfonamides is 1. The first-order valence-corrected chi connectivity index (χ1v) is 11.8. The van der Waals surface area contributed by atoms with Crippen LogP contribution in [0.3, 0.4) is 0 Å². The minimum atomic E-state index is -3.72. The molecule has 174 valence electrons. The van der Waals surface area contributed by atoms with Gasteiger partial charge in [-0.3, -0.25) is 0 Å². The number of hydrogen-bond acceptors (Lipinski definition) is 9. The molecule has 0 saturated carbocycles. The first-order valence-electron chi connectivity index (χ1n) is 10.4. The summed E-state index contributed by atoms with van der Waals surface area (Å²) in [5.41, 5.74) is 1.09. The SMILES string of the molecule is COc1ccc(S(=O)(=O)N2CCN(c3cc(Nc4cc(C)ccn4)ncn3)CC2)c(OC)c1. The quantitative estimate of drug-likeness (QED) is 0.557. The van der Waals surface area contributed by atoms with Gasteiger partial charge in [0.2, 0.25) is 10.0 Å². The lowest BCUT2D eigenvalue weighted by Crippen LogP contribution is -2.49. The summed E-state index contributed by atoms with van der Waals surface area (Å²) in [4.78, 5) is 15.1. The van der Waals surface area contributed by atoms with Crippen LogP contribution in [0, 0.1) is 6.92 Å². The zero-order valence-corrected chi connectivity index (χ0v) is 19.5. The van der Waals surface area contributed by atoms with Crippen LogP contribution in [0.5, 0.6) is 11.5 Å². The van der Waals surface area contributed by atoms with Crippen LogP contribution in [0.2, 0.25) is 0 Å². The number of rotatable bonds is 7. The lowest BCUT2D eigenvalue weighted by Gasteiger charge is -2.34. The Balaban J connectivity index is 1.46. The smallest absolute Gasteiger partial charge is 0.246 e. The van der Waals surface area contributed by atoms with Crippen LogP contribution in [0.25, 0.3) is 0 Å². The summed E-state index contributed by atoms with van der Waals surface area (Å²) in [6.45, 7) is 3.63. The van der Waals surface area contributed by atoms with E-state index >= 15 is 0 Å². The van der Waals surface area contributed by atoms with Crippen molar-refractivity contribution in [1.82, 2.24) is 19.3 Å². The molecule has 1 aliphatic heterocycles. The average molecular weight is 471 g/mol. The zero-order valence-electron chi connectivity index (χ0n) is 18.7. The highest BCUT2D eigenvalue weighted by atomic mass is 32.2. The number of benzene rings is 1. The van der Waals surface area contributed by atoms with E-state index in [4.69, 9.17) is 9.47 Å². The third-order valence-electron chi connectivity index (χ3n) is 5.38. The molecule has 1 aromatic carbocycles. The van der Waals surface area contributed by atoms with Crippen molar-refractivity contribution in [2.75, 3.05) is 50.6 Å². The number of nitrogens with zero attached hydrogens (tertiary/aromatic N) is 5. The van der Waals surface area contributed by atoms with Crippen molar-refractivity contribution in [3.05, 3.63) is 54.5 Å². The largest absolute Gasteiger partial charge is 0.497 e. The summed E-state index contributed by atoms with van der Waals surface area (Å²) >= 11 is 0. The van der Waals surface area contributed by atoms with Crippen LogP contribution in [0.1, 0.15) is 5.56 Å². The van der Waals surface area contributed by atoms with Gasteiger partial charge in [0, 0.05) is 44.5 Å². The van der Waals surface area contributed by atoms with Crippen molar-refractivity contribution < 1.29 is 17.9 Å². The number of pyridine rings is 1. The standard InChI is InChI=1S/C22H26N6O4S/c1-16-6-7-23-20(12-16)26-21-14-22(25-15-24-21)27-8-10-28(11-9-27)33(29,30)19-5-4-17(31-2)13-18(19)32-3/h4-7,12-15H,8-11H2,1-3H3,(H,23,24,25,26). The summed E-state index contributed by atoms with van der Waals surface area (Å²) in [6, 6.07) is 10.4. The molecule has 3 aromatic rings. The first kappa shape index (κ1) is 22.7. The van der Waals surface area contributed by atoms with Gasteiger partial charge >= 0.3 is 0 Å². The molecule has 0 bridgehead atoms. The summed E-state index contributed by atoms with van der Waals surface area (Å²) < 4.78 is 38.4. The maximum absolute atomic E-state index is 13.2. The van der Waals surface area contributed by atoms with E-state index in [1.165, 1.54) is 30.9 Å². The normalized spacial score (nSPS) is 14.7. The van der Waals surface area contributed by atoms with Crippen molar-refractivity contribution in [2.45, 2.75) is 11.8 Å². The van der Waals surface area contributed by atoms with Gasteiger partial charge in [-0.05, 0) is 36.8 Å². The van der Waals surface area contributed by atoms with Gasteiger partial charge in [0.05, 0.1) is 14.2 Å². The molecular formula is C22H26N6O4S. The van der Waals surface area contributed by atoms with Crippen LogP contribution >= 0.6 is 0 Å². The molecule has 1 saturated heterocycles. The molecule has 0 unspecified atom stereocenters. The number of ether oxygens (including phenoxy) is 2. The van der Waals surface area contributed by atoms with Crippen LogP contribution in [0.4, 0.5) is 17.5 Å². The van der Waals surface area contributed by atoms with Gasteiger partial charge in [-0.1, -0.05) is 0 Å². The Bertz CT molecular complexity index is 1230. The van der Waals surface area contributed by atoms with Crippen LogP contribution in [-0.2, 0) is 10.0 Å². The predicted octanol–water partition coefficient (Wildman–Crippen LogP) is 2.45. The number of hydrogen-bond donors (Lipinski definition) is 1. The van der Waals surface area contributed by atoms with Gasteiger partial charge in [0.25, 0.3) is 0 Å². The second-order valence-electron chi connectivity index (χ2n) is 7.51. The molecular weight excluding hydrogens is 444 g/mol. The zero-order chi connectivity index (χ0) is 23.4. The fraction of sp³-hybridized carbons (Fsp3) is 0.318. The van der Waals surface area contributed by atoms with E-state index in [-0.39, 0.29) is 10.6 Å². The van der Waals surface area contributed by atoms with Crippen LogP contribution in [-0.4, -0.2) is 68.1 Å². The second kappa shape index (κ2) is 9.59. The Kier molecular flexibility index (Phi) is 6.61. The van der Waals surface area contributed by atoms with Crippen molar-refractivity contribution in [2.24, 2.45) is 0 Å². The molecule has 3 heterocycles. The second-order valence-corrected chi connectivity index (χ2v) is 9.42. The van der Waals surface area contributed by atoms with E-state index in [0.717, 1.165) is 11.4 Å². The maximum atomic E-state index is 13.2. The minimum absolute atomic E-state index is 0.124. The van der Waals surface area contributed by atoms with Gasteiger partial charge in [-0.2, -0.15) is 4.31 Å². The Morgan fingerprint density at radius 3 is 2.36 bits per heavy atom. The van der Waals surface area contributed by atoms with Crippen molar-refractivity contribution in [3.63, 3.8) is 0 Å². The first-order chi connectivity index (χ1) is 15.9. The minimum Gasteiger partial charge on any atom is -0.497 e. The van der Waals surface area contributed by atoms with Crippen molar-refractivity contribution in [3.8, 4) is 11.5 Å². The van der Waals surface area contributed by atoms with E-state index in [0.29, 0.717) is 43.6 Å². The fourth-order valence-corrected chi connectivity index (χ4v) is 5.17. The van der Waals surface area contributed by atoms with Crippen molar-refractivity contribution in [1.29, 1.82) is 0 Å². The molecule has 1 aliphatic rings. The van der Waals surface area contributed by atoms with E-state index in [1.54, 1.807) is 18.3 Å². The molecule has 4 rings (SSSR count). The molecule has 11 heteroatoms. The Labute approximate surface area is 193 Å². The van der Waals surface area contributed by atoms with Gasteiger partial charge < -0.3 is 19.7 Å². The number of aryl methyl sites for hydroxylation is 1. The number of anilines is 3. The molecule has 2 aromatic heterocycles. The molecule has 0 aliphatic carbocycles. The summed E-state index contributed by atoms with van der Waals surface area (Å²) in [5.74, 6) is 2.83. The molecule has 10 nitrogen and oxygen atoms in total. The molecule has 0 spiro atoms. The van der Waals surface area contributed by atoms with Gasteiger partial charge in [0.15, 0.2) is 0 Å². The lowest BCUT2D eigenvalue weighted by molar-refractivity contribution is 0.369. The van der Waals surface area contributed by atoms with Crippen LogP contribution < -0.4 is 19.7 Å².